The van der Waals surface area contributed by atoms with Crippen LogP contribution in [-0.4, -0.2) is 23.0 Å². The Balaban J connectivity index is 1.68. The highest BCUT2D eigenvalue weighted by Crippen LogP contribution is 2.31. The van der Waals surface area contributed by atoms with Crippen LogP contribution in [0.5, 0.6) is 5.75 Å². The summed E-state index contributed by atoms with van der Waals surface area (Å²) in [4.78, 5) is 21.8. The van der Waals surface area contributed by atoms with Crippen molar-refractivity contribution in [3.05, 3.63) is 77.9 Å². The molecule has 0 aliphatic carbocycles. The summed E-state index contributed by atoms with van der Waals surface area (Å²) in [6.07, 6.45) is 0. The second kappa shape index (κ2) is 8.93. The number of fused-ring (bicyclic) bond motifs is 1. The van der Waals surface area contributed by atoms with E-state index in [0.29, 0.717) is 17.2 Å². The Hall–Kier alpha value is -3.78. The van der Waals surface area contributed by atoms with E-state index in [1.54, 1.807) is 25.3 Å². The zero-order valence-electron chi connectivity index (χ0n) is 17.0. The van der Waals surface area contributed by atoms with E-state index >= 15 is 0 Å². The Morgan fingerprint density at radius 2 is 1.71 bits per heavy atom. The first-order chi connectivity index (χ1) is 15.0. The van der Waals surface area contributed by atoms with Crippen molar-refractivity contribution in [3.8, 4) is 5.75 Å². The minimum atomic E-state index is -0.469. The Bertz CT molecular complexity index is 1260. The van der Waals surface area contributed by atoms with Crippen LogP contribution >= 0.6 is 11.9 Å². The van der Waals surface area contributed by atoms with Crippen LogP contribution in [-0.2, 0) is 0 Å². The first-order valence-corrected chi connectivity index (χ1v) is 10.4. The lowest BCUT2D eigenvalue weighted by Crippen LogP contribution is -2.10. The molecule has 0 spiro atoms. The average Bonchev–Trinajstić information content (AvgIpc) is 2.79. The Labute approximate surface area is 184 Å². The lowest BCUT2D eigenvalue weighted by Gasteiger charge is -2.15. The van der Waals surface area contributed by atoms with E-state index in [2.05, 4.69) is 10.0 Å². The fraction of sp³-hybridized carbons (Fsp3) is 0.0870. The van der Waals surface area contributed by atoms with Gasteiger partial charge in [0.1, 0.15) is 5.75 Å². The molecule has 0 fully saturated rings. The maximum absolute atomic E-state index is 11.5. The molecular weight excluding hydrogens is 410 g/mol. The van der Waals surface area contributed by atoms with Gasteiger partial charge in [0, 0.05) is 22.2 Å². The zero-order valence-corrected chi connectivity index (χ0v) is 17.9. The van der Waals surface area contributed by atoms with Crippen LogP contribution in [0.2, 0.25) is 0 Å². The third-order valence-corrected chi connectivity index (χ3v) is 5.44. The molecule has 1 amide bonds. The van der Waals surface area contributed by atoms with Crippen LogP contribution in [0.4, 0.5) is 17.3 Å². The van der Waals surface area contributed by atoms with Gasteiger partial charge in [-0.05, 0) is 60.8 Å². The summed E-state index contributed by atoms with van der Waals surface area (Å²) < 4.78 is 8.60. The Kier molecular flexibility index (Phi) is 5.90. The number of aromatic nitrogens is 2. The average molecular weight is 432 g/mol. The normalized spacial score (nSPS) is 10.6. The number of carbonyl (C=O) groups is 1. The van der Waals surface area contributed by atoms with E-state index in [0.717, 1.165) is 32.9 Å². The number of nitrogens with two attached hydrogens (primary N) is 1. The molecule has 4 rings (SSSR count). The number of ether oxygens (including phenoxy) is 1. The van der Waals surface area contributed by atoms with Gasteiger partial charge in [-0.15, -0.1) is 0 Å². The Morgan fingerprint density at radius 3 is 2.42 bits per heavy atom. The van der Waals surface area contributed by atoms with E-state index in [1.807, 2.05) is 55.5 Å². The van der Waals surface area contributed by atoms with Crippen LogP contribution in [0.15, 0.2) is 71.6 Å². The number of nitrogens with zero attached hydrogens (tertiary/aromatic N) is 2. The van der Waals surface area contributed by atoms with Crippen molar-refractivity contribution in [3.63, 3.8) is 0 Å². The SMILES string of the molecule is COc1ccc(C)c(Nc2nc3ccccc3nc2NSc2cccc(C(N)=O)c2)c1. The molecule has 0 radical (unpaired) electrons. The van der Waals surface area contributed by atoms with Gasteiger partial charge in [0.25, 0.3) is 0 Å². The molecule has 4 aromatic rings. The topological polar surface area (TPSA) is 102 Å². The molecule has 0 saturated heterocycles. The fourth-order valence-electron chi connectivity index (χ4n) is 2.97. The number of aryl methyl sites for hydroxylation is 1. The summed E-state index contributed by atoms with van der Waals surface area (Å²) >= 11 is 1.33. The van der Waals surface area contributed by atoms with Gasteiger partial charge in [-0.1, -0.05) is 24.3 Å². The first kappa shape index (κ1) is 20.5. The van der Waals surface area contributed by atoms with Crippen LogP contribution in [0, 0.1) is 6.92 Å². The maximum Gasteiger partial charge on any atom is 0.248 e. The molecule has 0 unspecified atom stereocenters. The number of nitrogens with one attached hydrogen (secondary N) is 2. The Morgan fingerprint density at radius 1 is 0.968 bits per heavy atom. The maximum atomic E-state index is 11.5. The van der Waals surface area contributed by atoms with Crippen LogP contribution in [0.25, 0.3) is 11.0 Å². The molecule has 0 bridgehead atoms. The molecule has 156 valence electrons. The minimum absolute atomic E-state index is 0.446. The molecule has 3 aromatic carbocycles. The number of methoxy groups -OCH3 is 1. The van der Waals surface area contributed by atoms with Crippen molar-refractivity contribution < 1.29 is 9.53 Å². The molecule has 1 aromatic heterocycles. The van der Waals surface area contributed by atoms with Gasteiger partial charge < -0.3 is 20.5 Å². The molecule has 4 N–H and O–H groups in total. The number of primary amides is 1. The van der Waals surface area contributed by atoms with Crippen LogP contribution < -0.4 is 20.5 Å². The molecule has 1 heterocycles. The molecule has 8 heteroatoms. The quantitative estimate of drug-likeness (QED) is 0.357. The van der Waals surface area contributed by atoms with Crippen LogP contribution in [0.3, 0.4) is 0 Å². The summed E-state index contributed by atoms with van der Waals surface area (Å²) in [6.45, 7) is 2.01. The van der Waals surface area contributed by atoms with Gasteiger partial charge in [-0.3, -0.25) is 4.79 Å². The summed E-state index contributed by atoms with van der Waals surface area (Å²) in [5, 5.41) is 3.37. The van der Waals surface area contributed by atoms with E-state index in [1.165, 1.54) is 11.9 Å². The number of para-hydroxylation sites is 2. The zero-order chi connectivity index (χ0) is 21.8. The number of hydrogen-bond acceptors (Lipinski definition) is 7. The van der Waals surface area contributed by atoms with Gasteiger partial charge in [0.2, 0.25) is 5.91 Å². The van der Waals surface area contributed by atoms with Crippen molar-refractivity contribution in [2.24, 2.45) is 5.73 Å². The fourth-order valence-corrected chi connectivity index (χ4v) is 3.66. The number of benzene rings is 3. The third kappa shape index (κ3) is 4.70. The molecule has 0 saturated carbocycles. The van der Waals surface area contributed by atoms with E-state index in [-0.39, 0.29) is 0 Å². The van der Waals surface area contributed by atoms with E-state index in [4.69, 9.17) is 20.4 Å². The summed E-state index contributed by atoms with van der Waals surface area (Å²) in [5.41, 5.74) is 9.29. The molecule has 31 heavy (non-hydrogen) atoms. The smallest absolute Gasteiger partial charge is 0.248 e. The predicted molar refractivity (Wildman–Crippen MR) is 125 cm³/mol. The predicted octanol–water partition coefficient (Wildman–Crippen LogP) is 4.91. The largest absolute Gasteiger partial charge is 0.497 e. The van der Waals surface area contributed by atoms with Crippen molar-refractivity contribution in [2.45, 2.75) is 11.8 Å². The monoisotopic (exact) mass is 431 g/mol. The van der Waals surface area contributed by atoms with Crippen molar-refractivity contribution in [1.82, 2.24) is 9.97 Å². The highest BCUT2D eigenvalue weighted by atomic mass is 32.2. The van der Waals surface area contributed by atoms with E-state index < -0.39 is 5.91 Å². The van der Waals surface area contributed by atoms with Crippen molar-refractivity contribution in [1.29, 1.82) is 0 Å². The molecule has 0 atom stereocenters. The third-order valence-electron chi connectivity index (χ3n) is 4.65. The summed E-state index contributed by atoms with van der Waals surface area (Å²) in [5.74, 6) is 1.42. The minimum Gasteiger partial charge on any atom is -0.497 e. The van der Waals surface area contributed by atoms with Crippen LogP contribution in [0.1, 0.15) is 15.9 Å². The lowest BCUT2D eigenvalue weighted by molar-refractivity contribution is 0.1000. The molecule has 0 aliphatic heterocycles. The van der Waals surface area contributed by atoms with Gasteiger partial charge >= 0.3 is 0 Å². The highest BCUT2D eigenvalue weighted by molar-refractivity contribution is 8.00. The highest BCUT2D eigenvalue weighted by Gasteiger charge is 2.12. The van der Waals surface area contributed by atoms with Gasteiger partial charge in [-0.2, -0.15) is 0 Å². The lowest BCUT2D eigenvalue weighted by atomic mass is 10.2. The van der Waals surface area contributed by atoms with Crippen molar-refractivity contribution in [2.75, 3.05) is 17.1 Å². The molecular formula is C23H21N5O2S. The van der Waals surface area contributed by atoms with E-state index in [9.17, 15) is 4.79 Å². The molecule has 7 nitrogen and oxygen atoms in total. The number of rotatable bonds is 7. The second-order valence-corrected chi connectivity index (χ2v) is 7.69. The first-order valence-electron chi connectivity index (χ1n) is 9.54. The summed E-state index contributed by atoms with van der Waals surface area (Å²) in [7, 11) is 1.63. The second-order valence-electron chi connectivity index (χ2n) is 6.81. The van der Waals surface area contributed by atoms with Gasteiger partial charge in [0.05, 0.1) is 18.1 Å². The number of hydrogen-bond donors (Lipinski definition) is 3. The number of amides is 1. The standard InChI is InChI=1S/C23H21N5O2S/c1-14-10-11-16(30-2)13-20(14)27-22-23(26-19-9-4-3-8-18(19)25-22)28-31-17-7-5-6-15(12-17)21(24)29/h3-13H,1-2H3,(H2,24,29)(H,25,27)(H,26,28). The summed E-state index contributed by atoms with van der Waals surface area (Å²) in [6, 6.07) is 20.6. The van der Waals surface area contributed by atoms with Crippen molar-refractivity contribution >= 4 is 46.2 Å². The number of anilines is 3. The van der Waals surface area contributed by atoms with Gasteiger partial charge in [0.15, 0.2) is 11.6 Å². The molecule has 0 aliphatic rings. The van der Waals surface area contributed by atoms with Gasteiger partial charge in [-0.25, -0.2) is 9.97 Å². The number of carbonyl (C=O) groups excluding carboxylic acids is 1.